The Labute approximate surface area is 237 Å². The van der Waals surface area contributed by atoms with E-state index in [1.54, 1.807) is 22.9 Å². The van der Waals surface area contributed by atoms with Gasteiger partial charge in [0.1, 0.15) is 16.5 Å². The summed E-state index contributed by atoms with van der Waals surface area (Å²) >= 11 is 1.11. The summed E-state index contributed by atoms with van der Waals surface area (Å²) in [4.78, 5) is 12.4. The van der Waals surface area contributed by atoms with E-state index in [-0.39, 0.29) is 28.4 Å². The van der Waals surface area contributed by atoms with E-state index in [9.17, 15) is 35.2 Å². The summed E-state index contributed by atoms with van der Waals surface area (Å²) in [7, 11) is -0.781. The number of thiophene rings is 1. The molecular weight excluding hydrogens is 591 g/mol. The fourth-order valence-electron chi connectivity index (χ4n) is 3.77. The molecule has 1 aromatic heterocycles. The van der Waals surface area contributed by atoms with Gasteiger partial charge in [0.15, 0.2) is 0 Å². The van der Waals surface area contributed by atoms with Crippen LogP contribution in [-0.2, 0) is 21.2 Å². The lowest BCUT2D eigenvalue weighted by atomic mass is 10.1. The fraction of sp³-hybridized carbons (Fsp3) is 0.346. The molecule has 41 heavy (non-hydrogen) atoms. The van der Waals surface area contributed by atoms with Gasteiger partial charge in [-0.05, 0) is 31.1 Å². The summed E-state index contributed by atoms with van der Waals surface area (Å²) < 4.78 is 99.3. The van der Waals surface area contributed by atoms with Crippen LogP contribution in [0.2, 0.25) is 0 Å². The second-order valence-electron chi connectivity index (χ2n) is 8.96. The molecule has 0 aliphatic carbocycles. The van der Waals surface area contributed by atoms with E-state index in [1.165, 1.54) is 0 Å². The van der Waals surface area contributed by atoms with Crippen LogP contribution in [0.25, 0.3) is 10.1 Å². The number of likely N-dealkylation sites (N-methyl/N-ethyl adjacent to an activating group) is 1. The van der Waals surface area contributed by atoms with Gasteiger partial charge >= 0.3 is 6.18 Å². The number of ether oxygens (including phenoxy) is 1. The Kier molecular flexibility index (Phi) is 10.4. The molecule has 0 bridgehead atoms. The molecule has 0 radical (unpaired) electrons. The number of benzene rings is 2. The number of halogens is 5. The number of nitrogens with one attached hydrogen (secondary N) is 3. The lowest BCUT2D eigenvalue weighted by Gasteiger charge is -2.13. The van der Waals surface area contributed by atoms with Gasteiger partial charge in [-0.15, -0.1) is 11.3 Å². The highest BCUT2D eigenvalue weighted by Crippen LogP contribution is 2.39. The molecule has 0 fully saturated rings. The summed E-state index contributed by atoms with van der Waals surface area (Å²) in [5.41, 5.74) is 0.554. The molecule has 0 spiro atoms. The van der Waals surface area contributed by atoms with Crippen LogP contribution >= 0.6 is 11.3 Å². The van der Waals surface area contributed by atoms with Crippen LogP contribution in [-0.4, -0.2) is 66.0 Å². The van der Waals surface area contributed by atoms with Crippen molar-refractivity contribution in [3.8, 4) is 17.6 Å². The smallest absolute Gasteiger partial charge is 0.393 e. The number of hydrogen-bond acceptors (Lipinski definition) is 8. The minimum Gasteiger partial charge on any atom is -0.461 e. The molecule has 3 N–H and O–H groups in total. The van der Waals surface area contributed by atoms with Crippen LogP contribution in [0.5, 0.6) is 5.75 Å². The Balaban J connectivity index is 1.91. The van der Waals surface area contributed by atoms with Gasteiger partial charge in [0, 0.05) is 32.1 Å². The average molecular weight is 619 g/mol. The topological polar surface area (TPSA) is 99.8 Å². The van der Waals surface area contributed by atoms with Gasteiger partial charge in [0.05, 0.1) is 33.9 Å². The van der Waals surface area contributed by atoms with Crippen molar-refractivity contribution in [3.63, 3.8) is 0 Å². The second kappa shape index (κ2) is 13.4. The molecule has 2 aromatic carbocycles. The largest absolute Gasteiger partial charge is 0.461 e. The van der Waals surface area contributed by atoms with Crippen molar-refractivity contribution in [1.29, 1.82) is 0 Å². The Morgan fingerprint density at radius 2 is 1.88 bits per heavy atom. The zero-order valence-electron chi connectivity index (χ0n) is 22.2. The van der Waals surface area contributed by atoms with Crippen LogP contribution < -0.4 is 20.1 Å². The molecular formula is C26H27F5N4O4S2. The minimum absolute atomic E-state index is 0.0290. The van der Waals surface area contributed by atoms with Crippen molar-refractivity contribution < 1.29 is 39.9 Å². The number of sulfonamides is 1. The molecule has 0 aliphatic rings. The number of amides is 1. The van der Waals surface area contributed by atoms with Gasteiger partial charge in [0.2, 0.25) is 12.8 Å². The zero-order valence-corrected chi connectivity index (χ0v) is 23.8. The summed E-state index contributed by atoms with van der Waals surface area (Å²) in [6.45, 7) is 0.605. The van der Waals surface area contributed by atoms with Gasteiger partial charge in [-0.3, -0.25) is 4.79 Å². The third-order valence-corrected chi connectivity index (χ3v) is 8.10. The first-order valence-corrected chi connectivity index (χ1v) is 14.3. The highest BCUT2D eigenvalue weighted by atomic mass is 32.2. The van der Waals surface area contributed by atoms with E-state index in [4.69, 9.17) is 4.74 Å². The minimum atomic E-state index is -4.59. The van der Waals surface area contributed by atoms with E-state index in [2.05, 4.69) is 22.5 Å². The molecule has 8 nitrogen and oxygen atoms in total. The first-order valence-electron chi connectivity index (χ1n) is 12.0. The zero-order chi connectivity index (χ0) is 30.4. The standard InChI is InChI=1S/C26H27F5N4O4S2/c1-16(36)34-41(37,38)24-13-22(39-15-27)21(12-19(24)28)32-9-5-8-23-18(14-26(29,30)31)17-6-4-7-20(25(17)40-23)33-10-11-35(2)3/h4,6-7,12-13,32-33H,9-11,14-15H2,1-3H3,(H,34,36). The van der Waals surface area contributed by atoms with E-state index in [1.807, 2.05) is 19.0 Å². The Bertz CT molecular complexity index is 1580. The number of alkyl halides is 4. The summed E-state index contributed by atoms with van der Waals surface area (Å²) in [5, 5.41) is 6.33. The number of nitrogens with zero attached hydrogens (tertiary/aromatic N) is 1. The highest BCUT2D eigenvalue weighted by molar-refractivity contribution is 7.90. The predicted octanol–water partition coefficient (Wildman–Crippen LogP) is 4.71. The van der Waals surface area contributed by atoms with E-state index in [0.29, 0.717) is 34.9 Å². The number of carbonyl (C=O) groups is 1. The molecule has 3 rings (SSSR count). The van der Waals surface area contributed by atoms with Crippen LogP contribution in [0.1, 0.15) is 17.4 Å². The molecule has 0 unspecified atom stereocenters. The highest BCUT2D eigenvalue weighted by Gasteiger charge is 2.31. The monoisotopic (exact) mass is 618 g/mol. The molecule has 222 valence electrons. The molecule has 0 aliphatic heterocycles. The molecule has 0 atom stereocenters. The van der Waals surface area contributed by atoms with Gasteiger partial charge in [-0.1, -0.05) is 24.0 Å². The van der Waals surface area contributed by atoms with Gasteiger partial charge in [-0.2, -0.15) is 13.2 Å². The number of hydrogen-bond donors (Lipinski definition) is 3. The fourth-order valence-corrected chi connectivity index (χ4v) is 6.02. The third-order valence-electron chi connectivity index (χ3n) is 5.45. The van der Waals surface area contributed by atoms with E-state index < -0.39 is 46.1 Å². The SMILES string of the molecule is CC(=O)NS(=O)(=O)c1cc(OCF)c(NCC#Cc2sc3c(NCCN(C)C)cccc3c2CC(F)(F)F)cc1F. The van der Waals surface area contributed by atoms with Crippen molar-refractivity contribution in [2.45, 2.75) is 24.4 Å². The maximum Gasteiger partial charge on any atom is 0.393 e. The third kappa shape index (κ3) is 8.69. The van der Waals surface area contributed by atoms with Crippen molar-refractivity contribution in [2.75, 3.05) is 51.2 Å². The molecule has 3 aromatic rings. The Morgan fingerprint density at radius 3 is 2.51 bits per heavy atom. The summed E-state index contributed by atoms with van der Waals surface area (Å²) in [6, 6.07) is 6.48. The lowest BCUT2D eigenvalue weighted by molar-refractivity contribution is -0.127. The number of anilines is 2. The molecule has 1 heterocycles. The first kappa shape index (κ1) is 31.9. The maximum absolute atomic E-state index is 14.6. The number of rotatable bonds is 11. The van der Waals surface area contributed by atoms with Gasteiger partial charge in [0.25, 0.3) is 10.0 Å². The maximum atomic E-state index is 14.6. The molecule has 1 amide bonds. The molecule has 0 saturated heterocycles. The van der Waals surface area contributed by atoms with Crippen LogP contribution in [0, 0.1) is 17.7 Å². The lowest BCUT2D eigenvalue weighted by Crippen LogP contribution is -2.29. The van der Waals surface area contributed by atoms with Gasteiger partial charge < -0.3 is 20.3 Å². The van der Waals surface area contributed by atoms with Gasteiger partial charge in [-0.25, -0.2) is 21.9 Å². The van der Waals surface area contributed by atoms with Crippen molar-refractivity contribution in [2.24, 2.45) is 0 Å². The molecule has 0 saturated carbocycles. The molecule has 15 heteroatoms. The van der Waals surface area contributed by atoms with Crippen molar-refractivity contribution >= 4 is 48.7 Å². The predicted molar refractivity (Wildman–Crippen MR) is 148 cm³/mol. The second-order valence-corrected chi connectivity index (χ2v) is 11.6. The van der Waals surface area contributed by atoms with Crippen LogP contribution in [0.15, 0.2) is 35.2 Å². The van der Waals surface area contributed by atoms with Crippen LogP contribution in [0.3, 0.4) is 0 Å². The summed E-state index contributed by atoms with van der Waals surface area (Å²) in [5.74, 6) is 2.82. The average Bonchev–Trinajstić information content (AvgIpc) is 3.18. The Morgan fingerprint density at radius 1 is 1.15 bits per heavy atom. The normalized spacial score (nSPS) is 11.7. The first-order chi connectivity index (χ1) is 19.2. The van der Waals surface area contributed by atoms with E-state index in [0.717, 1.165) is 24.3 Å². The van der Waals surface area contributed by atoms with Crippen molar-refractivity contribution in [1.82, 2.24) is 9.62 Å². The summed E-state index contributed by atoms with van der Waals surface area (Å²) in [6.07, 6.45) is -5.66. The number of carbonyl (C=O) groups excluding carboxylic acids is 1. The van der Waals surface area contributed by atoms with Crippen LogP contribution in [0.4, 0.5) is 33.3 Å². The van der Waals surface area contributed by atoms with E-state index >= 15 is 0 Å². The number of fused-ring (bicyclic) bond motifs is 1. The quantitative estimate of drug-likeness (QED) is 0.212. The van der Waals surface area contributed by atoms with Crippen molar-refractivity contribution in [3.05, 3.63) is 46.6 Å². The Hall–Kier alpha value is -3.61.